The molecule has 5 nitrogen and oxygen atoms in total. The lowest BCUT2D eigenvalue weighted by molar-refractivity contribution is -0.140. The molecule has 0 amide bonds. The van der Waals surface area contributed by atoms with Crippen LogP contribution in [0.2, 0.25) is 0 Å². The van der Waals surface area contributed by atoms with Crippen LogP contribution < -0.4 is 0 Å². The molecule has 0 spiro atoms. The number of esters is 1. The lowest BCUT2D eigenvalue weighted by Crippen LogP contribution is -2.24. The van der Waals surface area contributed by atoms with Crippen molar-refractivity contribution in [1.82, 2.24) is 0 Å². The van der Waals surface area contributed by atoms with Gasteiger partial charge >= 0.3 is 13.6 Å². The third-order valence-electron chi connectivity index (χ3n) is 2.22. The van der Waals surface area contributed by atoms with E-state index in [9.17, 15) is 9.36 Å². The predicted molar refractivity (Wildman–Crippen MR) is 70.7 cm³/mol. The van der Waals surface area contributed by atoms with Gasteiger partial charge in [-0.05, 0) is 34.1 Å². The third kappa shape index (κ3) is 5.34. The molecule has 0 heterocycles. The van der Waals surface area contributed by atoms with Crippen LogP contribution in [0.4, 0.5) is 0 Å². The molecule has 1 unspecified atom stereocenters. The Bertz CT molecular complexity index is 323. The van der Waals surface area contributed by atoms with Gasteiger partial charge < -0.3 is 13.8 Å². The lowest BCUT2D eigenvalue weighted by Gasteiger charge is -2.23. The second kappa shape index (κ2) is 8.46. The summed E-state index contributed by atoms with van der Waals surface area (Å²) in [6.07, 6.45) is 2.11. The zero-order valence-corrected chi connectivity index (χ0v) is 12.7. The molecule has 6 heteroatoms. The van der Waals surface area contributed by atoms with Crippen LogP contribution in [0.5, 0.6) is 0 Å². The van der Waals surface area contributed by atoms with Gasteiger partial charge in [0, 0.05) is 0 Å². The van der Waals surface area contributed by atoms with Crippen molar-refractivity contribution in [2.45, 2.75) is 39.8 Å². The van der Waals surface area contributed by atoms with Crippen molar-refractivity contribution in [2.24, 2.45) is 0 Å². The van der Waals surface area contributed by atoms with Crippen LogP contribution in [-0.2, 0) is 23.1 Å². The van der Waals surface area contributed by atoms with Crippen molar-refractivity contribution >= 4 is 13.6 Å². The number of hydrogen-bond acceptors (Lipinski definition) is 5. The summed E-state index contributed by atoms with van der Waals surface area (Å²) >= 11 is 0. The molecule has 0 saturated heterocycles. The van der Waals surface area contributed by atoms with Crippen molar-refractivity contribution in [3.63, 3.8) is 0 Å². The molecule has 1 atom stereocenters. The van der Waals surface area contributed by atoms with Crippen molar-refractivity contribution in [1.29, 1.82) is 0 Å². The van der Waals surface area contributed by atoms with Crippen molar-refractivity contribution in [3.8, 4) is 0 Å². The maximum absolute atomic E-state index is 12.6. The van der Waals surface area contributed by atoms with E-state index < -0.39 is 19.2 Å². The topological polar surface area (TPSA) is 61.8 Å². The van der Waals surface area contributed by atoms with Crippen LogP contribution in [0.15, 0.2) is 11.6 Å². The van der Waals surface area contributed by atoms with E-state index in [0.717, 1.165) is 5.57 Å². The molecule has 106 valence electrons. The van der Waals surface area contributed by atoms with Gasteiger partial charge in [0.1, 0.15) is 0 Å². The van der Waals surface area contributed by atoms with E-state index in [-0.39, 0.29) is 19.6 Å². The average molecular weight is 278 g/mol. The minimum absolute atomic E-state index is 0.222. The van der Waals surface area contributed by atoms with Crippen LogP contribution in [-0.4, -0.2) is 32.0 Å². The normalized spacial score (nSPS) is 12.9. The molecule has 0 aromatic rings. The minimum atomic E-state index is -3.48. The molecule has 0 bridgehead atoms. The van der Waals surface area contributed by atoms with Gasteiger partial charge in [0.25, 0.3) is 0 Å². The minimum Gasteiger partial charge on any atom is -0.468 e. The summed E-state index contributed by atoms with van der Waals surface area (Å²) in [4.78, 5) is 11.7. The molecule has 0 N–H and O–H groups in total. The molecule has 0 saturated carbocycles. The van der Waals surface area contributed by atoms with Gasteiger partial charge in [-0.2, -0.15) is 0 Å². The highest BCUT2D eigenvalue weighted by atomic mass is 31.2. The first-order valence-electron chi connectivity index (χ1n) is 6.01. The molecule has 0 aromatic heterocycles. The van der Waals surface area contributed by atoms with E-state index in [0.29, 0.717) is 0 Å². The SMILES string of the molecule is CCOP(=O)(OCC)C(CC=C(C)C)C(=O)OC. The molecule has 18 heavy (non-hydrogen) atoms. The summed E-state index contributed by atoms with van der Waals surface area (Å²) in [5, 5.41) is 0. The first-order chi connectivity index (χ1) is 8.41. The first kappa shape index (κ1) is 17.4. The van der Waals surface area contributed by atoms with Crippen LogP contribution in [0.25, 0.3) is 0 Å². The van der Waals surface area contributed by atoms with Gasteiger partial charge in [-0.3, -0.25) is 9.36 Å². The van der Waals surface area contributed by atoms with Gasteiger partial charge in [-0.25, -0.2) is 0 Å². The van der Waals surface area contributed by atoms with E-state index in [2.05, 4.69) is 4.74 Å². The Morgan fingerprint density at radius 3 is 2.06 bits per heavy atom. The molecule has 0 aliphatic rings. The maximum atomic E-state index is 12.6. The largest absolute Gasteiger partial charge is 0.468 e. The van der Waals surface area contributed by atoms with Crippen LogP contribution in [0.1, 0.15) is 34.1 Å². The molecular formula is C12H23O5P. The number of carbonyl (C=O) groups is 1. The smallest absolute Gasteiger partial charge is 0.345 e. The van der Waals surface area contributed by atoms with E-state index in [1.165, 1.54) is 7.11 Å². The Labute approximate surface area is 109 Å². The Morgan fingerprint density at radius 1 is 1.22 bits per heavy atom. The Morgan fingerprint density at radius 2 is 1.72 bits per heavy atom. The summed E-state index contributed by atoms with van der Waals surface area (Å²) in [6, 6.07) is 0. The average Bonchev–Trinajstić information content (AvgIpc) is 2.28. The number of methoxy groups -OCH3 is 1. The summed E-state index contributed by atoms with van der Waals surface area (Å²) < 4.78 is 27.6. The summed E-state index contributed by atoms with van der Waals surface area (Å²) in [5.41, 5.74) is 0.126. The zero-order valence-electron chi connectivity index (χ0n) is 11.8. The molecule has 0 aliphatic heterocycles. The van der Waals surface area contributed by atoms with Gasteiger partial charge in [-0.15, -0.1) is 0 Å². The fraction of sp³-hybridized carbons (Fsp3) is 0.750. The third-order valence-corrected chi connectivity index (χ3v) is 4.64. The molecule has 0 aromatic carbocycles. The van der Waals surface area contributed by atoms with Crippen molar-refractivity contribution in [3.05, 3.63) is 11.6 Å². The van der Waals surface area contributed by atoms with Crippen LogP contribution in [0.3, 0.4) is 0 Å². The van der Waals surface area contributed by atoms with Gasteiger partial charge in [0.2, 0.25) is 0 Å². The fourth-order valence-electron chi connectivity index (χ4n) is 1.41. The second-order valence-corrected chi connectivity index (χ2v) is 6.15. The Kier molecular flexibility index (Phi) is 8.16. The van der Waals surface area contributed by atoms with Crippen LogP contribution in [0, 0.1) is 0 Å². The van der Waals surface area contributed by atoms with Crippen molar-refractivity contribution < 1.29 is 23.1 Å². The highest BCUT2D eigenvalue weighted by molar-refractivity contribution is 7.55. The highest BCUT2D eigenvalue weighted by Crippen LogP contribution is 2.54. The molecule has 0 aliphatic carbocycles. The first-order valence-corrected chi connectivity index (χ1v) is 7.62. The standard InChI is InChI=1S/C12H23O5P/c1-6-16-18(14,17-7-2)11(12(13)15-5)9-8-10(3)4/h8,11H,6-7,9H2,1-5H3. The molecule has 0 fully saturated rings. The van der Waals surface area contributed by atoms with Gasteiger partial charge in [0.15, 0.2) is 5.66 Å². The molecule has 0 radical (unpaired) electrons. The van der Waals surface area contributed by atoms with E-state index in [4.69, 9.17) is 9.05 Å². The Balaban J connectivity index is 5.16. The number of rotatable bonds is 8. The number of ether oxygens (including phenoxy) is 1. The van der Waals surface area contributed by atoms with E-state index in [1.54, 1.807) is 13.8 Å². The van der Waals surface area contributed by atoms with Gasteiger partial charge in [-0.1, -0.05) is 11.6 Å². The van der Waals surface area contributed by atoms with E-state index in [1.807, 2.05) is 19.9 Å². The monoisotopic (exact) mass is 278 g/mol. The van der Waals surface area contributed by atoms with Crippen molar-refractivity contribution in [2.75, 3.05) is 20.3 Å². The molecule has 0 rings (SSSR count). The quantitative estimate of drug-likeness (QED) is 0.388. The summed E-state index contributed by atoms with van der Waals surface area (Å²) in [6.45, 7) is 7.67. The number of carbonyl (C=O) groups excluding carboxylic acids is 1. The maximum Gasteiger partial charge on any atom is 0.345 e. The highest BCUT2D eigenvalue weighted by Gasteiger charge is 2.41. The summed E-state index contributed by atoms with van der Waals surface area (Å²) in [5.74, 6) is -0.572. The Hall–Kier alpha value is -0.640. The van der Waals surface area contributed by atoms with Gasteiger partial charge in [0.05, 0.1) is 20.3 Å². The van der Waals surface area contributed by atoms with E-state index >= 15 is 0 Å². The fourth-order valence-corrected chi connectivity index (χ4v) is 3.30. The van der Waals surface area contributed by atoms with Crippen LogP contribution >= 0.6 is 7.60 Å². The second-order valence-electron chi connectivity index (χ2n) is 3.93. The predicted octanol–water partition coefficient (Wildman–Crippen LogP) is 3.15. The number of allylic oxidation sites excluding steroid dienone is 2. The zero-order chi connectivity index (χ0) is 14.2. The molecular weight excluding hydrogens is 255 g/mol. The summed E-state index contributed by atoms with van der Waals surface area (Å²) in [7, 11) is -2.21. The lowest BCUT2D eigenvalue weighted by atomic mass is 10.2. The number of hydrogen-bond donors (Lipinski definition) is 0.